The molecule has 0 spiro atoms. The van der Waals surface area contributed by atoms with Crippen molar-refractivity contribution < 1.29 is 9.59 Å². The molecule has 144 valence electrons. The van der Waals surface area contributed by atoms with E-state index in [9.17, 15) is 9.59 Å². The van der Waals surface area contributed by atoms with Crippen molar-refractivity contribution in [2.24, 2.45) is 0 Å². The van der Waals surface area contributed by atoms with Gasteiger partial charge in [-0.3, -0.25) is 9.59 Å². The number of benzene rings is 2. The lowest BCUT2D eigenvalue weighted by molar-refractivity contribution is -0.127. The highest BCUT2D eigenvalue weighted by molar-refractivity contribution is 6.30. The molecule has 0 saturated carbocycles. The molecule has 1 heterocycles. The van der Waals surface area contributed by atoms with Crippen LogP contribution in [0.3, 0.4) is 0 Å². The van der Waals surface area contributed by atoms with Crippen LogP contribution in [0.4, 0.5) is 5.69 Å². The molecule has 1 N–H and O–H groups in total. The number of aryl methyl sites for hydroxylation is 1. The molecule has 0 bridgehead atoms. The number of hydrogen-bond acceptors (Lipinski definition) is 4. The SMILES string of the molecule is Cc1nn(-c2cccc(Cl)c2)nc1C(=O)Nc1ccc(CC(=O)N(C)C)cc1. The van der Waals surface area contributed by atoms with Crippen molar-refractivity contribution in [1.82, 2.24) is 19.9 Å². The minimum atomic E-state index is -0.358. The number of nitrogens with zero attached hydrogens (tertiary/aromatic N) is 4. The highest BCUT2D eigenvalue weighted by Crippen LogP contribution is 2.16. The lowest BCUT2D eigenvalue weighted by atomic mass is 10.1. The van der Waals surface area contributed by atoms with Crippen LogP contribution >= 0.6 is 11.6 Å². The zero-order valence-electron chi connectivity index (χ0n) is 15.8. The maximum Gasteiger partial charge on any atom is 0.278 e. The summed E-state index contributed by atoms with van der Waals surface area (Å²) < 4.78 is 0. The molecule has 0 radical (unpaired) electrons. The quantitative estimate of drug-likeness (QED) is 0.717. The van der Waals surface area contributed by atoms with Gasteiger partial charge in [0.15, 0.2) is 5.69 Å². The molecule has 0 aliphatic rings. The van der Waals surface area contributed by atoms with Crippen molar-refractivity contribution in [1.29, 1.82) is 0 Å². The Kier molecular flexibility index (Phi) is 5.75. The predicted molar refractivity (Wildman–Crippen MR) is 108 cm³/mol. The Morgan fingerprint density at radius 1 is 1.11 bits per heavy atom. The van der Waals surface area contributed by atoms with Crippen molar-refractivity contribution >= 4 is 29.1 Å². The lowest BCUT2D eigenvalue weighted by Gasteiger charge is -2.10. The van der Waals surface area contributed by atoms with E-state index in [0.29, 0.717) is 28.5 Å². The Hall–Kier alpha value is -3.19. The third kappa shape index (κ3) is 4.55. The van der Waals surface area contributed by atoms with E-state index in [1.807, 2.05) is 12.1 Å². The molecular weight excluding hydrogens is 378 g/mol. The topological polar surface area (TPSA) is 80.1 Å². The summed E-state index contributed by atoms with van der Waals surface area (Å²) in [6.45, 7) is 1.72. The van der Waals surface area contributed by atoms with Crippen LogP contribution in [0.1, 0.15) is 21.7 Å². The normalized spacial score (nSPS) is 10.6. The first-order valence-corrected chi connectivity index (χ1v) is 9.01. The Labute approximate surface area is 167 Å². The molecule has 0 aliphatic carbocycles. The molecule has 3 rings (SSSR count). The van der Waals surface area contributed by atoms with Crippen LogP contribution in [0, 0.1) is 6.92 Å². The molecule has 1 aromatic heterocycles. The molecule has 8 heteroatoms. The smallest absolute Gasteiger partial charge is 0.278 e. The van der Waals surface area contributed by atoms with Gasteiger partial charge in [-0.2, -0.15) is 9.90 Å². The highest BCUT2D eigenvalue weighted by atomic mass is 35.5. The van der Waals surface area contributed by atoms with E-state index in [4.69, 9.17) is 11.6 Å². The van der Waals surface area contributed by atoms with Gasteiger partial charge in [0.25, 0.3) is 5.91 Å². The van der Waals surface area contributed by atoms with E-state index < -0.39 is 0 Å². The van der Waals surface area contributed by atoms with E-state index >= 15 is 0 Å². The van der Waals surface area contributed by atoms with Crippen LogP contribution in [0.15, 0.2) is 48.5 Å². The third-order valence-electron chi connectivity index (χ3n) is 4.10. The van der Waals surface area contributed by atoms with Crippen molar-refractivity contribution in [3.05, 3.63) is 70.5 Å². The van der Waals surface area contributed by atoms with Gasteiger partial charge in [0.05, 0.1) is 17.8 Å². The second-order valence-electron chi connectivity index (χ2n) is 6.52. The number of carbonyl (C=O) groups is 2. The molecule has 2 amide bonds. The van der Waals surface area contributed by atoms with E-state index in [-0.39, 0.29) is 17.5 Å². The summed E-state index contributed by atoms with van der Waals surface area (Å²) in [5, 5.41) is 11.9. The Bertz CT molecular complexity index is 1010. The van der Waals surface area contributed by atoms with Crippen LogP contribution in [-0.4, -0.2) is 45.8 Å². The maximum absolute atomic E-state index is 12.6. The van der Waals surface area contributed by atoms with Gasteiger partial charge in [-0.1, -0.05) is 29.8 Å². The van der Waals surface area contributed by atoms with Crippen molar-refractivity contribution in [2.75, 3.05) is 19.4 Å². The molecule has 2 aromatic carbocycles. The monoisotopic (exact) mass is 397 g/mol. The third-order valence-corrected chi connectivity index (χ3v) is 4.34. The second-order valence-corrected chi connectivity index (χ2v) is 6.96. The van der Waals surface area contributed by atoms with Crippen LogP contribution in [0.5, 0.6) is 0 Å². The van der Waals surface area contributed by atoms with Crippen molar-refractivity contribution in [3.63, 3.8) is 0 Å². The highest BCUT2D eigenvalue weighted by Gasteiger charge is 2.17. The summed E-state index contributed by atoms with van der Waals surface area (Å²) in [7, 11) is 3.44. The van der Waals surface area contributed by atoms with Crippen molar-refractivity contribution in [3.8, 4) is 5.69 Å². The Morgan fingerprint density at radius 3 is 2.46 bits per heavy atom. The minimum absolute atomic E-state index is 0.0186. The standard InChI is InChI=1S/C20H20ClN5O2/c1-13-19(24-26(23-13)17-6-4-5-15(21)12-17)20(28)22-16-9-7-14(8-10-16)11-18(27)25(2)3/h4-10,12H,11H2,1-3H3,(H,22,28). The summed E-state index contributed by atoms with van der Waals surface area (Å²) >= 11 is 6.00. The van der Waals surface area contributed by atoms with Gasteiger partial charge >= 0.3 is 0 Å². The first-order chi connectivity index (χ1) is 13.3. The van der Waals surface area contributed by atoms with Gasteiger partial charge in [0.2, 0.25) is 5.91 Å². The first-order valence-electron chi connectivity index (χ1n) is 8.64. The number of nitrogens with one attached hydrogen (secondary N) is 1. The van der Waals surface area contributed by atoms with E-state index in [2.05, 4.69) is 15.5 Å². The van der Waals surface area contributed by atoms with Gasteiger partial charge < -0.3 is 10.2 Å². The lowest BCUT2D eigenvalue weighted by Crippen LogP contribution is -2.23. The average Bonchev–Trinajstić information content (AvgIpc) is 3.05. The van der Waals surface area contributed by atoms with E-state index in [0.717, 1.165) is 5.56 Å². The number of carbonyl (C=O) groups excluding carboxylic acids is 2. The zero-order chi connectivity index (χ0) is 20.3. The molecule has 0 fully saturated rings. The maximum atomic E-state index is 12.6. The number of likely N-dealkylation sites (N-methyl/N-ethyl adjacent to an activating group) is 1. The fourth-order valence-corrected chi connectivity index (χ4v) is 2.72. The number of anilines is 1. The molecule has 0 saturated heterocycles. The Balaban J connectivity index is 1.72. The molecule has 0 unspecified atom stereocenters. The first kappa shape index (κ1) is 19.6. The van der Waals surface area contributed by atoms with Gasteiger partial charge in [-0.05, 0) is 42.8 Å². The summed E-state index contributed by atoms with van der Waals surface area (Å²) in [4.78, 5) is 27.3. The van der Waals surface area contributed by atoms with E-state index in [1.165, 1.54) is 4.80 Å². The van der Waals surface area contributed by atoms with Gasteiger partial charge in [-0.25, -0.2) is 0 Å². The summed E-state index contributed by atoms with van der Waals surface area (Å²) in [5.74, 6) is -0.340. The minimum Gasteiger partial charge on any atom is -0.349 e. The molecular formula is C20H20ClN5O2. The molecule has 0 aliphatic heterocycles. The molecule has 3 aromatic rings. The number of rotatable bonds is 5. The van der Waals surface area contributed by atoms with Crippen LogP contribution in [0.25, 0.3) is 5.69 Å². The van der Waals surface area contributed by atoms with Gasteiger partial charge in [-0.15, -0.1) is 5.10 Å². The average molecular weight is 398 g/mol. The summed E-state index contributed by atoms with van der Waals surface area (Å²) in [5.41, 5.74) is 2.89. The molecule has 7 nitrogen and oxygen atoms in total. The zero-order valence-corrected chi connectivity index (χ0v) is 16.6. The van der Waals surface area contributed by atoms with E-state index in [1.54, 1.807) is 62.3 Å². The fourth-order valence-electron chi connectivity index (χ4n) is 2.53. The Morgan fingerprint density at radius 2 is 1.82 bits per heavy atom. The van der Waals surface area contributed by atoms with Crippen LogP contribution in [0.2, 0.25) is 5.02 Å². The molecule has 0 atom stereocenters. The summed E-state index contributed by atoms with van der Waals surface area (Å²) in [6.07, 6.45) is 0.314. The fraction of sp³-hybridized carbons (Fsp3) is 0.200. The summed E-state index contributed by atoms with van der Waals surface area (Å²) in [6, 6.07) is 14.2. The van der Waals surface area contributed by atoms with Crippen molar-refractivity contribution in [2.45, 2.75) is 13.3 Å². The van der Waals surface area contributed by atoms with Crippen LogP contribution < -0.4 is 5.32 Å². The van der Waals surface area contributed by atoms with Crippen LogP contribution in [-0.2, 0) is 11.2 Å². The largest absolute Gasteiger partial charge is 0.349 e. The van der Waals surface area contributed by atoms with Gasteiger partial charge in [0.1, 0.15) is 0 Å². The number of hydrogen-bond donors (Lipinski definition) is 1. The number of aromatic nitrogens is 3. The number of amides is 2. The second kappa shape index (κ2) is 8.22. The predicted octanol–water partition coefficient (Wildman–Crippen LogP) is 3.11. The molecule has 28 heavy (non-hydrogen) atoms. The number of halogens is 1. The van der Waals surface area contributed by atoms with Gasteiger partial charge in [0, 0.05) is 24.8 Å².